The summed E-state index contributed by atoms with van der Waals surface area (Å²) in [5, 5.41) is 9.06. The third kappa shape index (κ3) is 6.86. The Morgan fingerprint density at radius 3 is 2.21 bits per heavy atom. The number of fused-ring (bicyclic) bond motifs is 2. The van der Waals surface area contributed by atoms with Crippen LogP contribution in [0.2, 0.25) is 5.02 Å². The lowest BCUT2D eigenvalue weighted by molar-refractivity contribution is 0.187. The van der Waals surface area contributed by atoms with Gasteiger partial charge in [-0.2, -0.15) is 0 Å². The van der Waals surface area contributed by atoms with E-state index in [1.807, 2.05) is 6.07 Å². The second kappa shape index (κ2) is 12.6. The molecule has 0 aromatic heterocycles. The average Bonchev–Trinajstić information content (AvgIpc) is 3.12. The average molecular weight is 481 g/mol. The van der Waals surface area contributed by atoms with E-state index < -0.39 is 0 Å². The molecule has 2 aliphatic rings. The van der Waals surface area contributed by atoms with E-state index in [4.69, 9.17) is 11.6 Å². The Labute approximate surface area is 213 Å². The Hall–Kier alpha value is -1.35. The Kier molecular flexibility index (Phi) is 9.51. The van der Waals surface area contributed by atoms with E-state index in [-0.39, 0.29) is 11.6 Å². The van der Waals surface area contributed by atoms with Crippen LogP contribution in [-0.4, -0.2) is 17.6 Å². The van der Waals surface area contributed by atoms with Gasteiger partial charge >= 0.3 is 0 Å². The first-order chi connectivity index (χ1) is 16.6. The summed E-state index contributed by atoms with van der Waals surface area (Å²) < 4.78 is 0. The number of rotatable bonds is 14. The molecule has 2 nitrogen and oxygen atoms in total. The van der Waals surface area contributed by atoms with Crippen LogP contribution in [0.1, 0.15) is 114 Å². The quantitative estimate of drug-likeness (QED) is 0.264. The number of benzene rings is 2. The van der Waals surface area contributed by atoms with Crippen LogP contribution in [0, 0.1) is 0 Å². The van der Waals surface area contributed by atoms with E-state index in [2.05, 4.69) is 66.1 Å². The van der Waals surface area contributed by atoms with Crippen molar-refractivity contribution >= 4 is 11.6 Å². The highest BCUT2D eigenvalue weighted by molar-refractivity contribution is 6.30. The van der Waals surface area contributed by atoms with E-state index in [9.17, 15) is 0 Å². The fraction of sp³-hybridized carbons (Fsp3) is 0.613. The highest BCUT2D eigenvalue weighted by Crippen LogP contribution is 2.49. The molecule has 2 aromatic carbocycles. The van der Waals surface area contributed by atoms with Crippen molar-refractivity contribution < 1.29 is 0 Å². The monoisotopic (exact) mass is 480 g/mol. The Bertz CT molecular complexity index is 869. The van der Waals surface area contributed by atoms with Crippen molar-refractivity contribution in [1.29, 1.82) is 0 Å². The number of halogens is 1. The summed E-state index contributed by atoms with van der Waals surface area (Å²) in [4.78, 5) is 0. The van der Waals surface area contributed by atoms with E-state index in [0.717, 1.165) is 5.02 Å². The van der Waals surface area contributed by atoms with Crippen molar-refractivity contribution in [3.05, 3.63) is 70.7 Å². The molecule has 3 atom stereocenters. The summed E-state index contributed by atoms with van der Waals surface area (Å²) in [6.07, 6.45) is 18.9. The number of nitrogens with one attached hydrogen (secondary N) is 2. The van der Waals surface area contributed by atoms with E-state index in [0.29, 0.717) is 5.54 Å². The largest absolute Gasteiger partial charge is 0.311 e. The summed E-state index contributed by atoms with van der Waals surface area (Å²) in [7, 11) is 0. The van der Waals surface area contributed by atoms with E-state index in [1.54, 1.807) is 0 Å². The van der Waals surface area contributed by atoms with Crippen LogP contribution in [0.15, 0.2) is 54.6 Å². The van der Waals surface area contributed by atoms with Gasteiger partial charge in [-0.15, -0.1) is 0 Å². The Balaban J connectivity index is 1.34. The smallest absolute Gasteiger partial charge is 0.0581 e. The van der Waals surface area contributed by atoms with Crippen molar-refractivity contribution in [3.8, 4) is 0 Å². The number of hydrogen-bond acceptors (Lipinski definition) is 2. The topological polar surface area (TPSA) is 24.1 Å². The number of hydrogen-bond donors (Lipinski definition) is 2. The Morgan fingerprint density at radius 2 is 1.44 bits per heavy atom. The zero-order valence-electron chi connectivity index (χ0n) is 21.3. The molecule has 2 bridgehead atoms. The normalized spacial score (nSPS) is 24.9. The van der Waals surface area contributed by atoms with Crippen molar-refractivity contribution in [2.75, 3.05) is 6.54 Å². The van der Waals surface area contributed by atoms with Crippen LogP contribution < -0.4 is 10.6 Å². The van der Waals surface area contributed by atoms with Crippen LogP contribution in [0.5, 0.6) is 0 Å². The summed E-state index contributed by atoms with van der Waals surface area (Å²) in [6.45, 7) is 3.48. The van der Waals surface area contributed by atoms with Gasteiger partial charge in [-0.25, -0.2) is 0 Å². The lowest BCUT2D eigenvalue weighted by Crippen LogP contribution is -2.53. The predicted molar refractivity (Wildman–Crippen MR) is 147 cm³/mol. The molecular weight excluding hydrogens is 436 g/mol. The molecule has 0 radical (unpaired) electrons. The van der Waals surface area contributed by atoms with Gasteiger partial charge in [-0.3, -0.25) is 0 Å². The third-order valence-electron chi connectivity index (χ3n) is 8.37. The molecule has 2 aliphatic carbocycles. The SMILES string of the molecule is CCCCCCCCCCNC12CCCC(NC(c3ccccc3)c3cccc(Cl)c3)(CC1)C2. The summed E-state index contributed by atoms with van der Waals surface area (Å²) in [5.74, 6) is 0. The molecule has 186 valence electrons. The summed E-state index contributed by atoms with van der Waals surface area (Å²) in [5.41, 5.74) is 3.15. The molecule has 2 aromatic rings. The van der Waals surface area contributed by atoms with Gasteiger partial charge in [0, 0.05) is 16.1 Å². The van der Waals surface area contributed by atoms with E-state index in [1.165, 1.54) is 108 Å². The lowest BCUT2D eigenvalue weighted by atomic mass is 9.77. The first-order valence-corrected chi connectivity index (χ1v) is 14.3. The van der Waals surface area contributed by atoms with Crippen LogP contribution in [0.3, 0.4) is 0 Å². The summed E-state index contributed by atoms with van der Waals surface area (Å²) >= 11 is 6.41. The van der Waals surface area contributed by atoms with Crippen LogP contribution >= 0.6 is 11.6 Å². The summed E-state index contributed by atoms with van der Waals surface area (Å²) in [6, 6.07) is 19.5. The minimum Gasteiger partial charge on any atom is -0.311 e. The first-order valence-electron chi connectivity index (χ1n) is 14.0. The Morgan fingerprint density at radius 1 is 0.765 bits per heavy atom. The maximum Gasteiger partial charge on any atom is 0.0581 e. The third-order valence-corrected chi connectivity index (χ3v) is 8.60. The van der Waals surface area contributed by atoms with Crippen LogP contribution in [-0.2, 0) is 0 Å². The van der Waals surface area contributed by atoms with Crippen LogP contribution in [0.25, 0.3) is 0 Å². The van der Waals surface area contributed by atoms with Gasteiger partial charge in [-0.1, -0.05) is 106 Å². The predicted octanol–water partition coefficient (Wildman–Crippen LogP) is 8.59. The van der Waals surface area contributed by atoms with Crippen molar-refractivity contribution in [1.82, 2.24) is 10.6 Å². The standard InChI is InChI=1S/C31H45ClN2/c1-2-3-4-5-6-7-8-12-23-33-30-19-14-20-31(25-30,22-21-30)34-29(26-15-10-9-11-16-26)27-17-13-18-28(32)24-27/h9-11,13,15-18,24,29,33-34H,2-8,12,14,19-23,25H2,1H3. The van der Waals surface area contributed by atoms with Crippen LogP contribution in [0.4, 0.5) is 0 Å². The minimum atomic E-state index is 0.182. The second-order valence-corrected chi connectivity index (χ2v) is 11.5. The molecular formula is C31H45ClN2. The van der Waals surface area contributed by atoms with Gasteiger partial charge in [0.05, 0.1) is 6.04 Å². The molecule has 2 saturated carbocycles. The van der Waals surface area contributed by atoms with Crippen molar-refractivity contribution in [2.45, 2.75) is 114 Å². The van der Waals surface area contributed by atoms with Crippen molar-refractivity contribution in [2.24, 2.45) is 0 Å². The molecule has 3 heteroatoms. The zero-order valence-corrected chi connectivity index (χ0v) is 22.0. The molecule has 2 fully saturated rings. The van der Waals surface area contributed by atoms with Gasteiger partial charge in [0.2, 0.25) is 0 Å². The molecule has 34 heavy (non-hydrogen) atoms. The zero-order chi connectivity index (χ0) is 23.7. The maximum absolute atomic E-state index is 6.41. The molecule has 0 amide bonds. The molecule has 0 aliphatic heterocycles. The fourth-order valence-corrected chi connectivity index (χ4v) is 6.74. The molecule has 4 rings (SSSR count). The number of unbranched alkanes of at least 4 members (excludes halogenated alkanes) is 7. The molecule has 3 unspecified atom stereocenters. The lowest BCUT2D eigenvalue weighted by Gasteiger charge is -2.43. The first kappa shape index (κ1) is 25.7. The molecule has 0 spiro atoms. The highest BCUT2D eigenvalue weighted by Gasteiger charge is 2.51. The second-order valence-electron chi connectivity index (χ2n) is 11.0. The van der Waals surface area contributed by atoms with Gasteiger partial charge in [0.1, 0.15) is 0 Å². The molecule has 0 saturated heterocycles. The maximum atomic E-state index is 6.41. The van der Waals surface area contributed by atoms with Gasteiger partial charge in [-0.05, 0) is 74.8 Å². The van der Waals surface area contributed by atoms with Gasteiger partial charge in [0.25, 0.3) is 0 Å². The van der Waals surface area contributed by atoms with Gasteiger partial charge in [0.15, 0.2) is 0 Å². The van der Waals surface area contributed by atoms with Crippen molar-refractivity contribution in [3.63, 3.8) is 0 Å². The van der Waals surface area contributed by atoms with E-state index >= 15 is 0 Å². The van der Waals surface area contributed by atoms with Gasteiger partial charge < -0.3 is 10.6 Å². The molecule has 2 N–H and O–H groups in total. The fourth-order valence-electron chi connectivity index (χ4n) is 6.54. The molecule has 0 heterocycles. The minimum absolute atomic E-state index is 0.182. The highest BCUT2D eigenvalue weighted by atomic mass is 35.5.